The van der Waals surface area contributed by atoms with Crippen LogP contribution in [0, 0.1) is 5.82 Å². The maximum atomic E-state index is 13.1. The second-order valence-electron chi connectivity index (χ2n) is 5.00. The third kappa shape index (κ3) is 3.86. The molecule has 0 amide bonds. The van der Waals surface area contributed by atoms with Gasteiger partial charge in [0.2, 0.25) is 10.0 Å². The van der Waals surface area contributed by atoms with Crippen molar-refractivity contribution in [2.45, 2.75) is 9.79 Å². The van der Waals surface area contributed by atoms with E-state index in [1.54, 1.807) is 0 Å². The fourth-order valence-corrected chi connectivity index (χ4v) is 4.36. The van der Waals surface area contributed by atoms with E-state index in [9.17, 15) is 21.2 Å². The number of benzene rings is 2. The molecule has 24 heavy (non-hydrogen) atoms. The zero-order valence-corrected chi connectivity index (χ0v) is 15.1. The molecule has 0 aliphatic rings. The van der Waals surface area contributed by atoms with E-state index >= 15 is 0 Å². The summed E-state index contributed by atoms with van der Waals surface area (Å²) in [5.41, 5.74) is 0.0401. The molecule has 0 heterocycles. The molecule has 0 aliphatic carbocycles. The minimum Gasteiger partial charge on any atom is -0.280 e. The number of anilines is 1. The SMILES string of the molecule is CN(C)S(=O)(=O)c1cccc(NS(=O)(=O)c2ccc(F)cc2Cl)c1. The van der Waals surface area contributed by atoms with Crippen molar-refractivity contribution < 1.29 is 21.2 Å². The summed E-state index contributed by atoms with van der Waals surface area (Å²) in [6.45, 7) is 0. The lowest BCUT2D eigenvalue weighted by molar-refractivity contribution is 0.520. The Morgan fingerprint density at radius 2 is 1.71 bits per heavy atom. The van der Waals surface area contributed by atoms with Gasteiger partial charge in [0.15, 0.2) is 0 Å². The third-order valence-corrected chi connectivity index (χ3v) is 6.72. The van der Waals surface area contributed by atoms with Gasteiger partial charge < -0.3 is 0 Å². The van der Waals surface area contributed by atoms with Crippen LogP contribution in [0.15, 0.2) is 52.3 Å². The summed E-state index contributed by atoms with van der Waals surface area (Å²) in [5.74, 6) is -0.668. The predicted molar refractivity (Wildman–Crippen MR) is 89.5 cm³/mol. The molecule has 0 bridgehead atoms. The highest BCUT2D eigenvalue weighted by Gasteiger charge is 2.21. The first-order valence-corrected chi connectivity index (χ1v) is 9.84. The first kappa shape index (κ1) is 18.7. The fourth-order valence-electron chi connectivity index (χ4n) is 1.83. The number of halogens is 2. The third-order valence-electron chi connectivity index (χ3n) is 3.05. The van der Waals surface area contributed by atoms with E-state index < -0.39 is 25.9 Å². The Hall–Kier alpha value is -1.68. The monoisotopic (exact) mass is 392 g/mol. The number of hydrogen-bond donors (Lipinski definition) is 1. The summed E-state index contributed by atoms with van der Waals surface area (Å²) in [7, 11) is -5.08. The molecule has 0 spiro atoms. The van der Waals surface area contributed by atoms with Gasteiger partial charge in [-0.3, -0.25) is 4.72 Å². The van der Waals surface area contributed by atoms with Gasteiger partial charge in [0.05, 0.1) is 15.6 Å². The lowest BCUT2D eigenvalue weighted by Gasteiger charge is -2.13. The molecule has 0 aliphatic heterocycles. The normalized spacial score (nSPS) is 12.4. The Morgan fingerprint density at radius 1 is 1.04 bits per heavy atom. The highest BCUT2D eigenvalue weighted by atomic mass is 35.5. The minimum atomic E-state index is -4.10. The molecule has 0 radical (unpaired) electrons. The number of rotatable bonds is 5. The molecule has 0 unspecified atom stereocenters. The molecule has 0 aromatic heterocycles. The molecule has 10 heteroatoms. The van der Waals surface area contributed by atoms with Crippen LogP contribution < -0.4 is 4.72 Å². The number of sulfonamides is 2. The molecule has 2 rings (SSSR count). The Labute approximate surface area is 145 Å². The van der Waals surface area contributed by atoms with Crippen molar-refractivity contribution in [3.05, 3.63) is 53.3 Å². The van der Waals surface area contributed by atoms with Gasteiger partial charge in [-0.1, -0.05) is 17.7 Å². The number of hydrogen-bond acceptors (Lipinski definition) is 4. The molecule has 2 aromatic rings. The number of nitrogens with zero attached hydrogens (tertiary/aromatic N) is 1. The Bertz CT molecular complexity index is 976. The molecule has 0 atom stereocenters. The molecule has 0 fully saturated rings. The van der Waals surface area contributed by atoms with E-state index in [0.29, 0.717) is 0 Å². The Balaban J connectivity index is 2.41. The van der Waals surface area contributed by atoms with Crippen molar-refractivity contribution in [3.63, 3.8) is 0 Å². The maximum absolute atomic E-state index is 13.1. The fraction of sp³-hybridized carbons (Fsp3) is 0.143. The van der Waals surface area contributed by atoms with Gasteiger partial charge in [-0.15, -0.1) is 0 Å². The van der Waals surface area contributed by atoms with Gasteiger partial charge in [-0.05, 0) is 36.4 Å². The van der Waals surface area contributed by atoms with Crippen molar-refractivity contribution >= 4 is 37.3 Å². The highest BCUT2D eigenvalue weighted by molar-refractivity contribution is 7.92. The molecular weight excluding hydrogens is 379 g/mol. The van der Waals surface area contributed by atoms with Crippen LogP contribution in [-0.2, 0) is 20.0 Å². The smallest absolute Gasteiger partial charge is 0.263 e. The largest absolute Gasteiger partial charge is 0.280 e. The summed E-state index contributed by atoms with van der Waals surface area (Å²) in [4.78, 5) is -0.385. The molecule has 1 N–H and O–H groups in total. The Morgan fingerprint density at radius 3 is 2.29 bits per heavy atom. The minimum absolute atomic E-state index is 0.0401. The first-order chi connectivity index (χ1) is 11.0. The zero-order valence-electron chi connectivity index (χ0n) is 12.7. The summed E-state index contributed by atoms with van der Waals surface area (Å²) >= 11 is 5.76. The van der Waals surface area contributed by atoms with Crippen molar-refractivity contribution in [2.24, 2.45) is 0 Å². The van der Waals surface area contributed by atoms with Gasteiger partial charge in [-0.25, -0.2) is 25.5 Å². The quantitative estimate of drug-likeness (QED) is 0.847. The molecule has 2 aromatic carbocycles. The summed E-state index contributed by atoms with van der Waals surface area (Å²) < 4.78 is 65.2. The second-order valence-corrected chi connectivity index (χ2v) is 9.21. The molecular formula is C14H14ClFN2O4S2. The van der Waals surface area contributed by atoms with Crippen molar-refractivity contribution in [1.82, 2.24) is 4.31 Å². The van der Waals surface area contributed by atoms with Crippen LogP contribution in [0.4, 0.5) is 10.1 Å². The van der Waals surface area contributed by atoms with Gasteiger partial charge in [-0.2, -0.15) is 0 Å². The van der Waals surface area contributed by atoms with Crippen LogP contribution in [0.1, 0.15) is 0 Å². The molecule has 130 valence electrons. The van der Waals surface area contributed by atoms with Crippen LogP contribution in [0.25, 0.3) is 0 Å². The van der Waals surface area contributed by atoms with Crippen molar-refractivity contribution in [1.29, 1.82) is 0 Å². The van der Waals surface area contributed by atoms with E-state index in [1.165, 1.54) is 38.4 Å². The van der Waals surface area contributed by atoms with Crippen LogP contribution in [0.3, 0.4) is 0 Å². The number of nitrogens with one attached hydrogen (secondary N) is 1. The van der Waals surface area contributed by atoms with Crippen molar-refractivity contribution in [2.75, 3.05) is 18.8 Å². The van der Waals surface area contributed by atoms with Gasteiger partial charge in [0.25, 0.3) is 10.0 Å². The average Bonchev–Trinajstić information content (AvgIpc) is 2.46. The van der Waals surface area contributed by atoms with Gasteiger partial charge in [0, 0.05) is 14.1 Å². The molecule has 6 nitrogen and oxygen atoms in total. The van der Waals surface area contributed by atoms with Gasteiger partial charge >= 0.3 is 0 Å². The van der Waals surface area contributed by atoms with Crippen LogP contribution >= 0.6 is 11.6 Å². The predicted octanol–water partition coefficient (Wildman–Crippen LogP) is 2.53. The van der Waals surface area contributed by atoms with E-state index in [0.717, 1.165) is 22.5 Å². The van der Waals surface area contributed by atoms with Crippen LogP contribution in [0.5, 0.6) is 0 Å². The zero-order chi connectivity index (χ0) is 18.1. The molecule has 0 saturated carbocycles. The van der Waals surface area contributed by atoms with Crippen molar-refractivity contribution in [3.8, 4) is 0 Å². The first-order valence-electron chi connectivity index (χ1n) is 6.54. The molecule has 0 saturated heterocycles. The lowest BCUT2D eigenvalue weighted by Crippen LogP contribution is -2.22. The second kappa shape index (κ2) is 6.67. The summed E-state index contributed by atoms with van der Waals surface area (Å²) in [6, 6.07) is 8.20. The lowest BCUT2D eigenvalue weighted by atomic mass is 10.3. The van der Waals surface area contributed by atoms with Crippen LogP contribution in [-0.4, -0.2) is 35.2 Å². The maximum Gasteiger partial charge on any atom is 0.263 e. The summed E-state index contributed by atoms with van der Waals surface area (Å²) in [5, 5.41) is -0.278. The topological polar surface area (TPSA) is 83.6 Å². The van der Waals surface area contributed by atoms with Gasteiger partial charge in [0.1, 0.15) is 10.7 Å². The highest BCUT2D eigenvalue weighted by Crippen LogP contribution is 2.25. The van der Waals surface area contributed by atoms with E-state index in [4.69, 9.17) is 11.6 Å². The standard InChI is InChI=1S/C14H14ClFN2O4S2/c1-18(2)24(21,22)12-5-3-4-11(9-12)17-23(19,20)14-7-6-10(16)8-13(14)15/h3-9,17H,1-2H3. The van der Waals surface area contributed by atoms with E-state index in [-0.39, 0.29) is 20.5 Å². The van der Waals surface area contributed by atoms with E-state index in [1.807, 2.05) is 0 Å². The van der Waals surface area contributed by atoms with E-state index in [2.05, 4.69) is 4.72 Å². The van der Waals surface area contributed by atoms with Crippen LogP contribution in [0.2, 0.25) is 5.02 Å². The summed E-state index contributed by atoms with van der Waals surface area (Å²) in [6.07, 6.45) is 0. The Kier molecular flexibility index (Phi) is 5.19. The average molecular weight is 393 g/mol.